The highest BCUT2D eigenvalue weighted by Gasteiger charge is 2.10. The molecule has 2 heterocycles. The fourth-order valence-electron chi connectivity index (χ4n) is 2.52. The molecule has 3 aromatic rings. The van der Waals surface area contributed by atoms with Crippen molar-refractivity contribution in [3.8, 4) is 0 Å². The number of fused-ring (bicyclic) bond motifs is 1. The molecule has 0 aliphatic heterocycles. The molecule has 0 saturated heterocycles. The maximum absolute atomic E-state index is 12.9. The van der Waals surface area contributed by atoms with Gasteiger partial charge in [0.05, 0.1) is 17.3 Å². The Hall–Kier alpha value is -2.77. The molecule has 8 heteroatoms. The largest absolute Gasteiger partial charge is 0.325 e. The minimum atomic E-state index is -0.366. The third-order valence-electron chi connectivity index (χ3n) is 3.65. The fraction of sp³-hybridized carbons (Fsp3) is 0.167. The smallest absolute Gasteiger partial charge is 0.258 e. The summed E-state index contributed by atoms with van der Waals surface area (Å²) in [4.78, 5) is 30.4. The van der Waals surface area contributed by atoms with E-state index in [1.807, 2.05) is 0 Å². The number of benzene rings is 1. The average Bonchev–Trinajstić information content (AvgIpc) is 2.57. The maximum Gasteiger partial charge on any atom is 0.258 e. The van der Waals surface area contributed by atoms with Crippen LogP contribution in [0.5, 0.6) is 0 Å². The predicted molar refractivity (Wildman–Crippen MR) is 97.8 cm³/mol. The Bertz CT molecular complexity index is 1000. The van der Waals surface area contributed by atoms with E-state index in [1.54, 1.807) is 24.1 Å². The Morgan fingerprint density at radius 3 is 2.73 bits per heavy atom. The first-order valence-corrected chi connectivity index (χ1v) is 8.20. The molecular formula is C18H16ClFN4O2. The van der Waals surface area contributed by atoms with Crippen LogP contribution < -0.4 is 10.9 Å². The monoisotopic (exact) mass is 374 g/mol. The van der Waals surface area contributed by atoms with Crippen molar-refractivity contribution in [2.75, 3.05) is 18.9 Å². The van der Waals surface area contributed by atoms with Crippen LogP contribution in [-0.2, 0) is 11.3 Å². The molecule has 26 heavy (non-hydrogen) atoms. The molecule has 0 aliphatic carbocycles. The average molecular weight is 375 g/mol. The van der Waals surface area contributed by atoms with Crippen LogP contribution in [0.2, 0.25) is 5.02 Å². The molecule has 0 radical (unpaired) electrons. The second-order valence-corrected chi connectivity index (χ2v) is 6.33. The number of aromatic nitrogens is 2. The number of nitrogens with one attached hydrogen (secondary N) is 1. The van der Waals surface area contributed by atoms with E-state index in [2.05, 4.69) is 10.3 Å². The Balaban J connectivity index is 1.65. The minimum Gasteiger partial charge on any atom is -0.325 e. The number of carbonyl (C=O) groups excluding carboxylic acids is 1. The molecule has 1 amide bonds. The van der Waals surface area contributed by atoms with Crippen LogP contribution in [0.1, 0.15) is 5.69 Å². The van der Waals surface area contributed by atoms with Crippen molar-refractivity contribution in [3.63, 3.8) is 0 Å². The highest BCUT2D eigenvalue weighted by atomic mass is 35.5. The maximum atomic E-state index is 12.9. The van der Waals surface area contributed by atoms with Crippen molar-refractivity contribution in [1.29, 1.82) is 0 Å². The molecule has 0 spiro atoms. The van der Waals surface area contributed by atoms with Crippen LogP contribution in [0.4, 0.5) is 10.1 Å². The van der Waals surface area contributed by atoms with Crippen molar-refractivity contribution in [1.82, 2.24) is 14.3 Å². The van der Waals surface area contributed by atoms with Crippen LogP contribution in [0, 0.1) is 5.82 Å². The molecule has 0 unspecified atom stereocenters. The van der Waals surface area contributed by atoms with Crippen LogP contribution in [-0.4, -0.2) is 33.8 Å². The number of halogens is 2. The van der Waals surface area contributed by atoms with Crippen molar-refractivity contribution in [2.45, 2.75) is 6.54 Å². The highest BCUT2D eigenvalue weighted by molar-refractivity contribution is 6.30. The highest BCUT2D eigenvalue weighted by Crippen LogP contribution is 2.10. The molecule has 3 rings (SSSR count). The Labute approximate surface area is 153 Å². The topological polar surface area (TPSA) is 66.7 Å². The summed E-state index contributed by atoms with van der Waals surface area (Å²) in [7, 11) is 1.75. The van der Waals surface area contributed by atoms with E-state index < -0.39 is 0 Å². The summed E-state index contributed by atoms with van der Waals surface area (Å²) in [5, 5.41) is 3.13. The first kappa shape index (κ1) is 18.0. The molecule has 6 nitrogen and oxygen atoms in total. The summed E-state index contributed by atoms with van der Waals surface area (Å²) in [6, 6.07) is 10.3. The number of anilines is 1. The van der Waals surface area contributed by atoms with E-state index in [4.69, 9.17) is 11.6 Å². The normalized spacial score (nSPS) is 11.1. The number of hydrogen-bond acceptors (Lipinski definition) is 4. The van der Waals surface area contributed by atoms with Gasteiger partial charge in [-0.3, -0.25) is 18.9 Å². The van der Waals surface area contributed by atoms with Gasteiger partial charge in [0.15, 0.2) is 0 Å². The van der Waals surface area contributed by atoms with Gasteiger partial charge in [0.2, 0.25) is 5.91 Å². The summed E-state index contributed by atoms with van der Waals surface area (Å²) >= 11 is 5.89. The first-order valence-electron chi connectivity index (χ1n) is 7.82. The second kappa shape index (κ2) is 7.63. The molecule has 134 valence electrons. The third-order valence-corrected chi connectivity index (χ3v) is 3.87. The molecule has 1 N–H and O–H groups in total. The van der Waals surface area contributed by atoms with E-state index >= 15 is 0 Å². The number of amides is 1. The van der Waals surface area contributed by atoms with E-state index in [0.717, 1.165) is 0 Å². The lowest BCUT2D eigenvalue weighted by atomic mass is 10.3. The molecule has 0 bridgehead atoms. The number of hydrogen-bond donors (Lipinski definition) is 1. The van der Waals surface area contributed by atoms with Gasteiger partial charge < -0.3 is 5.32 Å². The van der Waals surface area contributed by atoms with Gasteiger partial charge in [-0.25, -0.2) is 9.37 Å². The van der Waals surface area contributed by atoms with Gasteiger partial charge >= 0.3 is 0 Å². The van der Waals surface area contributed by atoms with Crippen LogP contribution in [0.3, 0.4) is 0 Å². The number of pyridine rings is 1. The summed E-state index contributed by atoms with van der Waals surface area (Å²) in [5.74, 6) is -0.613. The third kappa shape index (κ3) is 4.44. The van der Waals surface area contributed by atoms with E-state index in [0.29, 0.717) is 28.6 Å². The molecule has 0 atom stereocenters. The van der Waals surface area contributed by atoms with Gasteiger partial charge in [0, 0.05) is 24.5 Å². The molecule has 0 fully saturated rings. The van der Waals surface area contributed by atoms with Gasteiger partial charge in [-0.15, -0.1) is 0 Å². The molecule has 0 aliphatic rings. The van der Waals surface area contributed by atoms with E-state index in [9.17, 15) is 14.0 Å². The summed E-state index contributed by atoms with van der Waals surface area (Å²) in [6.07, 6.45) is 1.51. The van der Waals surface area contributed by atoms with Crippen molar-refractivity contribution in [3.05, 3.63) is 75.5 Å². The SMILES string of the molecule is CN(CC(=O)Nc1ccc(F)cc1)Cc1cc(=O)n2cc(Cl)ccc2n1. The van der Waals surface area contributed by atoms with Gasteiger partial charge in [-0.2, -0.15) is 0 Å². The van der Waals surface area contributed by atoms with Crippen molar-refractivity contribution >= 4 is 28.8 Å². The van der Waals surface area contributed by atoms with Crippen LogP contribution >= 0.6 is 11.6 Å². The summed E-state index contributed by atoms with van der Waals surface area (Å²) < 4.78 is 14.2. The van der Waals surface area contributed by atoms with Gasteiger partial charge in [-0.1, -0.05) is 11.6 Å². The van der Waals surface area contributed by atoms with Crippen LogP contribution in [0.25, 0.3) is 5.65 Å². The second-order valence-electron chi connectivity index (χ2n) is 5.89. The molecular weight excluding hydrogens is 359 g/mol. The van der Waals surface area contributed by atoms with E-state index in [-0.39, 0.29) is 23.8 Å². The molecule has 2 aromatic heterocycles. The summed E-state index contributed by atoms with van der Waals surface area (Å²) in [6.45, 7) is 0.421. The van der Waals surface area contributed by atoms with Gasteiger partial charge in [0.1, 0.15) is 11.5 Å². The Morgan fingerprint density at radius 1 is 1.27 bits per heavy atom. The zero-order valence-corrected chi connectivity index (χ0v) is 14.7. The predicted octanol–water partition coefficient (Wildman–Crippen LogP) is 2.56. The Morgan fingerprint density at radius 2 is 2.00 bits per heavy atom. The molecule has 1 aromatic carbocycles. The quantitative estimate of drug-likeness (QED) is 0.745. The first-order chi connectivity index (χ1) is 12.4. The lowest BCUT2D eigenvalue weighted by Gasteiger charge is -2.16. The van der Waals surface area contributed by atoms with Crippen LogP contribution in [0.15, 0.2) is 53.5 Å². The molecule has 0 saturated carbocycles. The van der Waals surface area contributed by atoms with Gasteiger partial charge in [0.25, 0.3) is 5.56 Å². The zero-order chi connectivity index (χ0) is 18.7. The zero-order valence-electron chi connectivity index (χ0n) is 13.9. The minimum absolute atomic E-state index is 0.0963. The standard InChI is InChI=1S/C18H16ClFN4O2/c1-23(11-17(25)22-14-5-3-13(20)4-6-14)10-15-8-18(26)24-9-12(19)2-7-16(24)21-15/h2-9H,10-11H2,1H3,(H,22,25). The number of carbonyl (C=O) groups is 1. The summed E-state index contributed by atoms with van der Waals surface area (Å²) in [5.41, 5.74) is 1.32. The lowest BCUT2D eigenvalue weighted by Crippen LogP contribution is -2.30. The number of nitrogens with zero attached hydrogens (tertiary/aromatic N) is 3. The van der Waals surface area contributed by atoms with E-state index in [1.165, 1.54) is 40.9 Å². The number of rotatable bonds is 5. The Kier molecular flexibility index (Phi) is 5.29. The van der Waals surface area contributed by atoms with Crippen molar-refractivity contribution < 1.29 is 9.18 Å². The fourth-order valence-corrected chi connectivity index (χ4v) is 2.68. The van der Waals surface area contributed by atoms with Crippen molar-refractivity contribution in [2.24, 2.45) is 0 Å². The van der Waals surface area contributed by atoms with Gasteiger partial charge in [-0.05, 0) is 43.4 Å². The lowest BCUT2D eigenvalue weighted by molar-refractivity contribution is -0.117. The number of likely N-dealkylation sites (N-methyl/N-ethyl adjacent to an activating group) is 1.